The monoisotopic (exact) mass is 446 g/mol. The van der Waals surface area contributed by atoms with Gasteiger partial charge in [0.05, 0.1) is 0 Å². The van der Waals surface area contributed by atoms with Gasteiger partial charge in [-0.2, -0.15) is 0 Å². The van der Waals surface area contributed by atoms with E-state index in [1.807, 2.05) is 0 Å². The predicted molar refractivity (Wildman–Crippen MR) is 110 cm³/mol. The number of ether oxygens (including phenoxy) is 2. The Labute approximate surface area is 186 Å². The maximum Gasteiger partial charge on any atom is 2.00 e. The number of aliphatic imine (C=N–C) groups is 2. The Bertz CT molecular complexity index is 881. The van der Waals surface area contributed by atoms with Gasteiger partial charge in [-0.15, -0.1) is 12.8 Å². The van der Waals surface area contributed by atoms with Crippen LogP contribution < -0.4 is 19.7 Å². The van der Waals surface area contributed by atoms with Crippen molar-refractivity contribution in [3.63, 3.8) is 0 Å². The molecule has 0 aromatic heterocycles. The van der Waals surface area contributed by atoms with Crippen LogP contribution in [0.15, 0.2) is 46.4 Å². The summed E-state index contributed by atoms with van der Waals surface area (Å²) in [5.41, 5.74) is 0.953. The first-order valence-corrected chi connectivity index (χ1v) is 8.88. The molecule has 2 aromatic carbocycles. The van der Waals surface area contributed by atoms with Gasteiger partial charge in [-0.3, -0.25) is 9.98 Å². The molecule has 0 N–H and O–H groups in total. The summed E-state index contributed by atoms with van der Waals surface area (Å²) in [6, 6.07) is 9.39. The fourth-order valence-corrected chi connectivity index (χ4v) is 2.25. The third kappa shape index (κ3) is 8.31. The number of rotatable bonds is 10. The first kappa shape index (κ1) is 24.6. The summed E-state index contributed by atoms with van der Waals surface area (Å²) in [6.45, 7) is 1.25. The van der Waals surface area contributed by atoms with E-state index in [1.165, 1.54) is 24.6 Å². The van der Waals surface area contributed by atoms with E-state index in [9.17, 15) is 10.2 Å². The molecule has 156 valence electrons. The average Bonchev–Trinajstić information content (AvgIpc) is 2.72. The maximum atomic E-state index is 11.9. The van der Waals surface area contributed by atoms with Crippen molar-refractivity contribution in [2.45, 2.75) is 6.42 Å². The predicted octanol–water partition coefficient (Wildman–Crippen LogP) is 1.78. The Hall–Kier alpha value is -3.41. The molecule has 0 spiro atoms. The van der Waals surface area contributed by atoms with Crippen LogP contribution in [0.25, 0.3) is 0 Å². The zero-order chi connectivity index (χ0) is 20.9. The Morgan fingerprint density at radius 2 is 1.23 bits per heavy atom. The Morgan fingerprint density at radius 1 is 0.800 bits per heavy atom. The van der Waals surface area contributed by atoms with E-state index < -0.39 is 0 Å². The third-order valence-electron chi connectivity index (χ3n) is 3.65. The molecule has 0 bridgehead atoms. The van der Waals surface area contributed by atoms with Crippen LogP contribution in [0.4, 0.5) is 0 Å². The summed E-state index contributed by atoms with van der Waals surface area (Å²) in [7, 11) is 0. The minimum absolute atomic E-state index is 0. The van der Waals surface area contributed by atoms with Crippen LogP contribution in [0.2, 0.25) is 0 Å². The topological polar surface area (TPSA) is 89.3 Å². The molecular formula is C23H20N2NiO4. The van der Waals surface area contributed by atoms with Crippen molar-refractivity contribution in [2.24, 2.45) is 9.98 Å². The van der Waals surface area contributed by atoms with Crippen molar-refractivity contribution in [3.8, 4) is 47.7 Å². The average molecular weight is 447 g/mol. The summed E-state index contributed by atoms with van der Waals surface area (Å²) >= 11 is 0. The number of nitrogens with zero attached hydrogens (tertiary/aromatic N) is 2. The van der Waals surface area contributed by atoms with Crippen LogP contribution in [0.3, 0.4) is 0 Å². The van der Waals surface area contributed by atoms with Crippen molar-refractivity contribution in [3.05, 3.63) is 47.5 Å². The van der Waals surface area contributed by atoms with Gasteiger partial charge in [-0.05, 0) is 41.8 Å². The van der Waals surface area contributed by atoms with Gasteiger partial charge >= 0.3 is 16.5 Å². The van der Waals surface area contributed by atoms with Gasteiger partial charge in [-0.25, -0.2) is 0 Å². The van der Waals surface area contributed by atoms with E-state index in [0.717, 1.165) is 0 Å². The molecule has 2 rings (SSSR count). The zero-order valence-corrected chi connectivity index (χ0v) is 17.1. The third-order valence-corrected chi connectivity index (χ3v) is 3.65. The molecule has 0 unspecified atom stereocenters. The second kappa shape index (κ2) is 13.7. The van der Waals surface area contributed by atoms with E-state index in [0.29, 0.717) is 42.1 Å². The Morgan fingerprint density at radius 3 is 1.60 bits per heavy atom. The quantitative estimate of drug-likeness (QED) is 0.241. The standard InChI is InChI=1S/C23H22N2O4.Ni/c1-3-12-28-20-8-6-18(22(26)14-20)16-24-10-5-11-25-17-19-7-9-21(15-23(19)27)29-13-4-2;/h1-2,6-9,14-17,26-27H,5,10-13H2;/q;+2/p-2. The zero-order valence-electron chi connectivity index (χ0n) is 16.2. The van der Waals surface area contributed by atoms with Gasteiger partial charge in [0.25, 0.3) is 0 Å². The van der Waals surface area contributed by atoms with Crippen molar-refractivity contribution >= 4 is 12.4 Å². The molecule has 0 amide bonds. The molecule has 0 radical (unpaired) electrons. The van der Waals surface area contributed by atoms with Crippen LogP contribution >= 0.6 is 0 Å². The number of terminal acetylenes is 2. The largest absolute Gasteiger partial charge is 2.00 e. The second-order valence-electron chi connectivity index (χ2n) is 5.81. The molecule has 6 nitrogen and oxygen atoms in total. The van der Waals surface area contributed by atoms with Gasteiger partial charge in [0.1, 0.15) is 24.7 Å². The molecule has 0 saturated heterocycles. The van der Waals surface area contributed by atoms with Crippen molar-refractivity contribution < 1.29 is 36.2 Å². The molecular weight excluding hydrogens is 427 g/mol. The molecule has 0 heterocycles. The van der Waals surface area contributed by atoms with Crippen molar-refractivity contribution in [1.29, 1.82) is 0 Å². The molecule has 0 atom stereocenters. The first-order chi connectivity index (χ1) is 14.1. The van der Waals surface area contributed by atoms with Crippen LogP contribution in [-0.2, 0) is 16.5 Å². The normalized spacial score (nSPS) is 10.3. The summed E-state index contributed by atoms with van der Waals surface area (Å²) in [6.07, 6.45) is 14.0. The van der Waals surface area contributed by atoms with Crippen LogP contribution in [0, 0.1) is 24.7 Å². The van der Waals surface area contributed by atoms with Crippen molar-refractivity contribution in [1.82, 2.24) is 0 Å². The molecule has 0 aliphatic carbocycles. The maximum absolute atomic E-state index is 11.9. The summed E-state index contributed by atoms with van der Waals surface area (Å²) < 4.78 is 10.4. The smallest absolute Gasteiger partial charge is 0.872 e. The van der Waals surface area contributed by atoms with Crippen molar-refractivity contribution in [2.75, 3.05) is 26.3 Å². The SMILES string of the molecule is C#CCOc1ccc(C=NCCCN=Cc2ccc(OCC#C)cc2[O-])c([O-])c1.[Ni+2]. The Balaban J connectivity index is 0.00000450. The van der Waals surface area contributed by atoms with Crippen LogP contribution in [0.1, 0.15) is 17.5 Å². The summed E-state index contributed by atoms with van der Waals surface area (Å²) in [5, 5.41) is 23.9. The number of hydrogen-bond acceptors (Lipinski definition) is 6. The van der Waals surface area contributed by atoms with Gasteiger partial charge in [0.2, 0.25) is 0 Å². The number of hydrogen-bond donors (Lipinski definition) is 0. The molecule has 0 aliphatic heterocycles. The molecule has 0 aliphatic rings. The minimum atomic E-state index is -0.182. The molecule has 2 aromatic rings. The van der Waals surface area contributed by atoms with Gasteiger partial charge < -0.3 is 19.7 Å². The van der Waals surface area contributed by atoms with Gasteiger partial charge in [-0.1, -0.05) is 35.5 Å². The minimum Gasteiger partial charge on any atom is -0.872 e. The van der Waals surface area contributed by atoms with Gasteiger partial charge in [0, 0.05) is 25.5 Å². The molecule has 0 saturated carbocycles. The molecule has 7 heteroatoms. The van der Waals surface area contributed by atoms with E-state index in [1.54, 1.807) is 24.3 Å². The van der Waals surface area contributed by atoms with E-state index >= 15 is 0 Å². The van der Waals surface area contributed by atoms with E-state index in [4.69, 9.17) is 22.3 Å². The van der Waals surface area contributed by atoms with E-state index in [-0.39, 0.29) is 41.2 Å². The van der Waals surface area contributed by atoms with Crippen LogP contribution in [0.5, 0.6) is 23.0 Å². The molecule has 0 fully saturated rings. The first-order valence-electron chi connectivity index (χ1n) is 8.88. The summed E-state index contributed by atoms with van der Waals surface area (Å²) in [4.78, 5) is 8.46. The second-order valence-corrected chi connectivity index (χ2v) is 5.81. The van der Waals surface area contributed by atoms with Gasteiger partial charge in [0.15, 0.2) is 0 Å². The number of benzene rings is 2. The van der Waals surface area contributed by atoms with E-state index in [2.05, 4.69) is 21.8 Å². The fourth-order valence-electron chi connectivity index (χ4n) is 2.25. The van der Waals surface area contributed by atoms with Crippen LogP contribution in [-0.4, -0.2) is 38.7 Å². The fraction of sp³-hybridized carbons (Fsp3) is 0.217. The summed E-state index contributed by atoms with van der Waals surface area (Å²) in [5.74, 6) is 5.19. The molecule has 30 heavy (non-hydrogen) atoms. The Kier molecular flexibility index (Phi) is 11.3.